The second-order valence-corrected chi connectivity index (χ2v) is 5.42. The van der Waals surface area contributed by atoms with E-state index < -0.39 is 0 Å². The number of fused-ring (bicyclic) bond motifs is 1. The Morgan fingerprint density at radius 3 is 3.14 bits per heavy atom. The molecule has 76 valence electrons. The Kier molecular flexibility index (Phi) is 3.04. The molecule has 1 atom stereocenters. The summed E-state index contributed by atoms with van der Waals surface area (Å²) in [6, 6.07) is 4.74. The highest BCUT2D eigenvalue weighted by molar-refractivity contribution is 9.10. The van der Waals surface area contributed by atoms with E-state index in [9.17, 15) is 0 Å². The van der Waals surface area contributed by atoms with E-state index in [1.54, 1.807) is 0 Å². The van der Waals surface area contributed by atoms with Crippen molar-refractivity contribution >= 4 is 33.4 Å². The molecule has 1 unspecified atom stereocenters. The predicted molar refractivity (Wildman–Crippen MR) is 66.1 cm³/mol. The number of benzene rings is 1. The van der Waals surface area contributed by atoms with Crippen LogP contribution in [0.25, 0.3) is 0 Å². The lowest BCUT2D eigenvalue weighted by atomic mass is 10.2. The molecule has 4 heteroatoms. The Morgan fingerprint density at radius 1 is 1.64 bits per heavy atom. The highest BCUT2D eigenvalue weighted by Crippen LogP contribution is 2.38. The standard InChI is InChI=1S/C10H13BrN2S/c1-6-2-8(11)10-9(3-6)14-5-7(4-12)13-10/h2-3,7,13H,4-5,12H2,1H3. The third-order valence-electron chi connectivity index (χ3n) is 2.27. The van der Waals surface area contributed by atoms with Gasteiger partial charge in [-0.1, -0.05) is 0 Å². The molecule has 1 aliphatic heterocycles. The molecule has 0 radical (unpaired) electrons. The van der Waals surface area contributed by atoms with Gasteiger partial charge < -0.3 is 11.1 Å². The van der Waals surface area contributed by atoms with Gasteiger partial charge in [-0.15, -0.1) is 11.8 Å². The monoisotopic (exact) mass is 272 g/mol. The number of nitrogens with two attached hydrogens (primary N) is 1. The van der Waals surface area contributed by atoms with Crippen LogP contribution in [0.4, 0.5) is 5.69 Å². The van der Waals surface area contributed by atoms with Crippen molar-refractivity contribution in [1.29, 1.82) is 0 Å². The van der Waals surface area contributed by atoms with E-state index in [4.69, 9.17) is 5.73 Å². The summed E-state index contributed by atoms with van der Waals surface area (Å²) >= 11 is 5.45. The summed E-state index contributed by atoms with van der Waals surface area (Å²) in [5.41, 5.74) is 8.13. The maximum Gasteiger partial charge on any atom is 0.0625 e. The van der Waals surface area contributed by atoms with Gasteiger partial charge in [0.2, 0.25) is 0 Å². The van der Waals surface area contributed by atoms with Gasteiger partial charge in [0, 0.05) is 27.7 Å². The van der Waals surface area contributed by atoms with Crippen molar-refractivity contribution in [1.82, 2.24) is 0 Å². The van der Waals surface area contributed by atoms with Gasteiger partial charge in [0.15, 0.2) is 0 Å². The third kappa shape index (κ3) is 1.92. The molecule has 0 fully saturated rings. The first-order valence-corrected chi connectivity index (χ1v) is 6.38. The van der Waals surface area contributed by atoms with Crippen LogP contribution in [0.1, 0.15) is 5.56 Å². The SMILES string of the molecule is Cc1cc(Br)c2c(c1)SCC(CN)N2. The van der Waals surface area contributed by atoms with E-state index in [0.29, 0.717) is 12.6 Å². The molecule has 0 bridgehead atoms. The van der Waals surface area contributed by atoms with Crippen molar-refractivity contribution in [2.75, 3.05) is 17.6 Å². The summed E-state index contributed by atoms with van der Waals surface area (Å²) in [5, 5.41) is 3.45. The van der Waals surface area contributed by atoms with Gasteiger partial charge in [0.05, 0.1) is 5.69 Å². The summed E-state index contributed by atoms with van der Waals surface area (Å²) in [5.74, 6) is 1.05. The maximum atomic E-state index is 5.65. The quantitative estimate of drug-likeness (QED) is 0.826. The zero-order chi connectivity index (χ0) is 10.1. The summed E-state index contributed by atoms with van der Waals surface area (Å²) in [6.45, 7) is 2.80. The Bertz CT molecular complexity index is 354. The molecule has 0 saturated carbocycles. The average molecular weight is 273 g/mol. The van der Waals surface area contributed by atoms with Crippen molar-refractivity contribution in [2.45, 2.75) is 17.9 Å². The summed E-state index contributed by atoms with van der Waals surface area (Å²) < 4.78 is 1.14. The fourth-order valence-electron chi connectivity index (χ4n) is 1.53. The molecule has 1 heterocycles. The van der Waals surface area contributed by atoms with Crippen LogP contribution in [0.15, 0.2) is 21.5 Å². The summed E-state index contributed by atoms with van der Waals surface area (Å²) in [4.78, 5) is 1.32. The molecular weight excluding hydrogens is 260 g/mol. The van der Waals surface area contributed by atoms with E-state index in [-0.39, 0.29) is 0 Å². The van der Waals surface area contributed by atoms with E-state index in [0.717, 1.165) is 10.2 Å². The van der Waals surface area contributed by atoms with Crippen LogP contribution in [0.5, 0.6) is 0 Å². The number of aryl methyl sites for hydroxylation is 1. The van der Waals surface area contributed by atoms with Gasteiger partial charge in [-0.3, -0.25) is 0 Å². The van der Waals surface area contributed by atoms with Crippen LogP contribution in [0.2, 0.25) is 0 Å². The number of hydrogen-bond donors (Lipinski definition) is 2. The minimum Gasteiger partial charge on any atom is -0.378 e. The lowest BCUT2D eigenvalue weighted by Crippen LogP contribution is -2.33. The first-order valence-electron chi connectivity index (χ1n) is 4.60. The Hall–Kier alpha value is -0.190. The van der Waals surface area contributed by atoms with Gasteiger partial charge in [0.1, 0.15) is 0 Å². The first-order chi connectivity index (χ1) is 6.70. The number of rotatable bonds is 1. The molecule has 0 aromatic heterocycles. The molecule has 0 aliphatic carbocycles. The molecule has 2 rings (SSSR count). The molecule has 1 aliphatic rings. The van der Waals surface area contributed by atoms with Crippen LogP contribution in [0.3, 0.4) is 0 Å². The predicted octanol–water partition coefficient (Wildman–Crippen LogP) is 2.60. The minimum atomic E-state index is 0.395. The maximum absolute atomic E-state index is 5.65. The van der Waals surface area contributed by atoms with Crippen LogP contribution >= 0.6 is 27.7 Å². The second-order valence-electron chi connectivity index (χ2n) is 3.51. The smallest absolute Gasteiger partial charge is 0.0625 e. The Labute approximate surface area is 96.8 Å². The van der Waals surface area contributed by atoms with E-state index in [1.165, 1.54) is 16.1 Å². The van der Waals surface area contributed by atoms with E-state index >= 15 is 0 Å². The Balaban J connectivity index is 2.37. The third-order valence-corrected chi connectivity index (χ3v) is 4.10. The summed E-state index contributed by atoms with van der Waals surface area (Å²) in [6.07, 6.45) is 0. The number of hydrogen-bond acceptors (Lipinski definition) is 3. The largest absolute Gasteiger partial charge is 0.378 e. The van der Waals surface area contributed by atoms with Gasteiger partial charge in [-0.2, -0.15) is 0 Å². The van der Waals surface area contributed by atoms with Crippen LogP contribution in [0, 0.1) is 6.92 Å². The van der Waals surface area contributed by atoms with Crippen LogP contribution in [-0.4, -0.2) is 18.3 Å². The van der Waals surface area contributed by atoms with Gasteiger partial charge >= 0.3 is 0 Å². The highest BCUT2D eigenvalue weighted by Gasteiger charge is 2.19. The molecule has 0 saturated heterocycles. The topological polar surface area (TPSA) is 38.0 Å². The van der Waals surface area contributed by atoms with Crippen molar-refractivity contribution in [3.8, 4) is 0 Å². The zero-order valence-electron chi connectivity index (χ0n) is 8.01. The molecule has 14 heavy (non-hydrogen) atoms. The minimum absolute atomic E-state index is 0.395. The lowest BCUT2D eigenvalue weighted by molar-refractivity contribution is 0.802. The molecule has 0 amide bonds. The Morgan fingerprint density at radius 2 is 2.43 bits per heavy atom. The number of anilines is 1. The van der Waals surface area contributed by atoms with Gasteiger partial charge in [-0.25, -0.2) is 0 Å². The second kappa shape index (κ2) is 4.13. The lowest BCUT2D eigenvalue weighted by Gasteiger charge is -2.26. The molecule has 1 aromatic rings. The average Bonchev–Trinajstić information content (AvgIpc) is 2.17. The van der Waals surface area contributed by atoms with Crippen LogP contribution < -0.4 is 11.1 Å². The number of nitrogens with one attached hydrogen (secondary N) is 1. The fraction of sp³-hybridized carbons (Fsp3) is 0.400. The zero-order valence-corrected chi connectivity index (χ0v) is 10.4. The molecule has 2 nitrogen and oxygen atoms in total. The number of halogens is 1. The van der Waals surface area contributed by atoms with Gasteiger partial charge in [-0.05, 0) is 40.5 Å². The molecule has 1 aromatic carbocycles. The van der Waals surface area contributed by atoms with Crippen molar-refractivity contribution in [3.05, 3.63) is 22.2 Å². The number of thioether (sulfide) groups is 1. The molecular formula is C10H13BrN2S. The fourth-order valence-corrected chi connectivity index (χ4v) is 3.53. The van der Waals surface area contributed by atoms with Crippen molar-refractivity contribution in [3.63, 3.8) is 0 Å². The van der Waals surface area contributed by atoms with Gasteiger partial charge in [0.25, 0.3) is 0 Å². The van der Waals surface area contributed by atoms with Crippen LogP contribution in [-0.2, 0) is 0 Å². The first kappa shape index (κ1) is 10.3. The highest BCUT2D eigenvalue weighted by atomic mass is 79.9. The van der Waals surface area contributed by atoms with E-state index in [1.807, 2.05) is 11.8 Å². The normalized spacial score (nSPS) is 20.1. The summed E-state index contributed by atoms with van der Waals surface area (Å²) in [7, 11) is 0. The molecule has 3 N–H and O–H groups in total. The molecule has 0 spiro atoms. The van der Waals surface area contributed by atoms with Crippen molar-refractivity contribution in [2.24, 2.45) is 5.73 Å². The van der Waals surface area contributed by atoms with E-state index in [2.05, 4.69) is 40.3 Å². The van der Waals surface area contributed by atoms with Crippen molar-refractivity contribution < 1.29 is 0 Å².